The van der Waals surface area contributed by atoms with E-state index in [-0.39, 0.29) is 0 Å². The molecule has 1 saturated heterocycles. The maximum atomic E-state index is 9.93. The van der Waals surface area contributed by atoms with Gasteiger partial charge in [0, 0.05) is 24.7 Å². The molecule has 0 aromatic heterocycles. The number of piperidine rings is 1. The van der Waals surface area contributed by atoms with Crippen LogP contribution in [0.15, 0.2) is 42.5 Å². The Morgan fingerprint density at radius 1 is 1.00 bits per heavy atom. The first-order valence-electron chi connectivity index (χ1n) is 10.8. The topological polar surface area (TPSA) is 23.5 Å². The van der Waals surface area contributed by atoms with Gasteiger partial charge in [0.05, 0.1) is 0 Å². The average molecular weight is 364 g/mol. The maximum absolute atomic E-state index is 9.93. The van der Waals surface area contributed by atoms with Crippen LogP contribution in [-0.2, 0) is 6.42 Å². The molecule has 4 rings (SSSR count). The number of rotatable bonds is 4. The van der Waals surface area contributed by atoms with Gasteiger partial charge in [0.25, 0.3) is 0 Å². The van der Waals surface area contributed by atoms with Crippen LogP contribution in [0.1, 0.15) is 68.6 Å². The van der Waals surface area contributed by atoms with Crippen LogP contribution in [0.2, 0.25) is 0 Å². The van der Waals surface area contributed by atoms with Crippen molar-refractivity contribution in [3.05, 3.63) is 59.2 Å². The van der Waals surface area contributed by atoms with E-state index in [9.17, 15) is 5.11 Å². The van der Waals surface area contributed by atoms with Crippen molar-refractivity contribution in [2.75, 3.05) is 18.0 Å². The summed E-state index contributed by atoms with van der Waals surface area (Å²) < 4.78 is 0. The number of aromatic hydroxyl groups is 1. The molecule has 2 aromatic carbocycles. The van der Waals surface area contributed by atoms with Crippen LogP contribution in [0.25, 0.3) is 0 Å². The fourth-order valence-electron chi connectivity index (χ4n) is 5.23. The highest BCUT2D eigenvalue weighted by Gasteiger charge is 2.31. The van der Waals surface area contributed by atoms with Gasteiger partial charge in [-0.2, -0.15) is 0 Å². The molecule has 0 bridgehead atoms. The van der Waals surface area contributed by atoms with Gasteiger partial charge >= 0.3 is 0 Å². The average Bonchev–Trinajstić information content (AvgIpc) is 2.68. The second-order valence-corrected chi connectivity index (χ2v) is 8.93. The van der Waals surface area contributed by atoms with Crippen LogP contribution in [0, 0.1) is 11.8 Å². The molecule has 2 atom stereocenters. The van der Waals surface area contributed by atoms with Gasteiger partial charge in [0.15, 0.2) is 0 Å². The van der Waals surface area contributed by atoms with Crippen molar-refractivity contribution in [2.24, 2.45) is 11.8 Å². The van der Waals surface area contributed by atoms with E-state index in [2.05, 4.69) is 49.1 Å². The minimum Gasteiger partial charge on any atom is -0.508 e. The molecule has 0 unspecified atom stereocenters. The van der Waals surface area contributed by atoms with Gasteiger partial charge in [-0.3, -0.25) is 0 Å². The first-order chi connectivity index (χ1) is 13.1. The predicted molar refractivity (Wildman–Crippen MR) is 114 cm³/mol. The molecule has 1 fully saturated rings. The van der Waals surface area contributed by atoms with E-state index in [1.54, 1.807) is 0 Å². The first-order valence-corrected chi connectivity index (χ1v) is 10.8. The van der Waals surface area contributed by atoms with Crippen LogP contribution in [-0.4, -0.2) is 18.2 Å². The third kappa shape index (κ3) is 4.00. The molecule has 1 N–H and O–H groups in total. The molecular weight excluding hydrogens is 330 g/mol. The van der Waals surface area contributed by atoms with E-state index in [0.29, 0.717) is 23.5 Å². The summed E-state index contributed by atoms with van der Waals surface area (Å²) in [6.45, 7) is 7.06. The summed E-state index contributed by atoms with van der Waals surface area (Å²) in [5, 5.41) is 9.93. The Morgan fingerprint density at radius 2 is 1.74 bits per heavy atom. The van der Waals surface area contributed by atoms with E-state index in [4.69, 9.17) is 0 Å². The normalized spacial score (nSPS) is 22.7. The highest BCUT2D eigenvalue weighted by molar-refractivity contribution is 5.51. The van der Waals surface area contributed by atoms with Crippen molar-refractivity contribution in [1.29, 1.82) is 0 Å². The number of nitrogens with zero attached hydrogens (tertiary/aromatic N) is 1. The minimum absolute atomic E-state index is 0.398. The Balaban J connectivity index is 1.65. The minimum atomic E-state index is 0.398. The first kappa shape index (κ1) is 18.4. The Kier molecular flexibility index (Phi) is 5.43. The highest BCUT2D eigenvalue weighted by Crippen LogP contribution is 2.44. The van der Waals surface area contributed by atoms with Gasteiger partial charge in [-0.1, -0.05) is 32.0 Å². The van der Waals surface area contributed by atoms with Crippen molar-refractivity contribution < 1.29 is 5.11 Å². The number of hydrogen-bond donors (Lipinski definition) is 1. The van der Waals surface area contributed by atoms with Gasteiger partial charge in [0.1, 0.15) is 5.75 Å². The fraction of sp³-hybridized carbons (Fsp3) is 0.520. The van der Waals surface area contributed by atoms with Crippen LogP contribution in [0.4, 0.5) is 5.69 Å². The lowest BCUT2D eigenvalue weighted by Crippen LogP contribution is -2.29. The summed E-state index contributed by atoms with van der Waals surface area (Å²) in [7, 11) is 0. The summed E-state index contributed by atoms with van der Waals surface area (Å²) in [6.07, 6.45) is 7.57. The molecule has 1 aliphatic heterocycles. The number of benzene rings is 2. The molecule has 2 heteroatoms. The molecule has 27 heavy (non-hydrogen) atoms. The van der Waals surface area contributed by atoms with Gasteiger partial charge in [-0.25, -0.2) is 0 Å². The van der Waals surface area contributed by atoms with E-state index >= 15 is 0 Å². The van der Waals surface area contributed by atoms with Crippen LogP contribution < -0.4 is 4.90 Å². The molecule has 144 valence electrons. The van der Waals surface area contributed by atoms with Crippen LogP contribution >= 0.6 is 0 Å². The van der Waals surface area contributed by atoms with E-state index in [0.717, 1.165) is 6.42 Å². The number of hydrogen-bond acceptors (Lipinski definition) is 2. The summed E-state index contributed by atoms with van der Waals surface area (Å²) in [5.74, 6) is 2.24. The summed E-state index contributed by atoms with van der Waals surface area (Å²) in [6, 6.07) is 15.4. The summed E-state index contributed by atoms with van der Waals surface area (Å²) >= 11 is 0. The fourth-order valence-corrected chi connectivity index (χ4v) is 5.23. The van der Waals surface area contributed by atoms with Crippen LogP contribution in [0.3, 0.4) is 0 Å². The van der Waals surface area contributed by atoms with Gasteiger partial charge in [-0.15, -0.1) is 0 Å². The van der Waals surface area contributed by atoms with Crippen molar-refractivity contribution in [3.8, 4) is 5.75 Å². The molecule has 2 aromatic rings. The number of fused-ring (bicyclic) bond motifs is 1. The Labute approximate surface area is 164 Å². The number of phenolic OH excluding ortho intramolecular Hbond substituents is 1. The van der Waals surface area contributed by atoms with Crippen molar-refractivity contribution in [2.45, 2.75) is 58.3 Å². The lowest BCUT2D eigenvalue weighted by Gasteiger charge is -2.36. The van der Waals surface area contributed by atoms with Crippen molar-refractivity contribution in [3.63, 3.8) is 0 Å². The van der Waals surface area contributed by atoms with Gasteiger partial charge < -0.3 is 10.0 Å². The molecule has 2 aliphatic rings. The molecule has 0 amide bonds. The molecular formula is C25H33NO. The lowest BCUT2D eigenvalue weighted by atomic mass is 9.69. The molecule has 2 nitrogen and oxygen atoms in total. The Hall–Kier alpha value is -1.96. The largest absolute Gasteiger partial charge is 0.508 e. The quantitative estimate of drug-likeness (QED) is 0.707. The number of aryl methyl sites for hydroxylation is 1. The molecule has 0 spiro atoms. The molecule has 0 radical (unpaired) electrons. The van der Waals surface area contributed by atoms with Gasteiger partial charge in [-0.05, 0) is 91.3 Å². The SMILES string of the molecule is CC(C)C[C@@H]1CCc2cc(O)ccc2[C@@H]1c1ccc(N2CCCCC2)cc1. The zero-order valence-corrected chi connectivity index (χ0v) is 16.8. The van der Waals surface area contributed by atoms with Crippen molar-refractivity contribution >= 4 is 5.69 Å². The molecule has 0 saturated carbocycles. The summed E-state index contributed by atoms with van der Waals surface area (Å²) in [4.78, 5) is 2.53. The zero-order valence-electron chi connectivity index (χ0n) is 16.8. The van der Waals surface area contributed by atoms with Gasteiger partial charge in [0.2, 0.25) is 0 Å². The smallest absolute Gasteiger partial charge is 0.115 e. The standard InChI is InChI=1S/C25H33NO/c1-18(2)16-21-7-6-20-17-23(27)12-13-24(20)25(21)19-8-10-22(11-9-19)26-14-4-3-5-15-26/h8-13,17-18,21,25,27H,3-7,14-16H2,1-2H3/t21-,25+/m0/s1. The third-order valence-electron chi connectivity index (χ3n) is 6.47. The van der Waals surface area contributed by atoms with Crippen molar-refractivity contribution in [1.82, 2.24) is 0 Å². The monoisotopic (exact) mass is 363 g/mol. The Bertz CT molecular complexity index is 758. The third-order valence-corrected chi connectivity index (χ3v) is 6.47. The van der Waals surface area contributed by atoms with E-state index in [1.165, 1.54) is 67.6 Å². The highest BCUT2D eigenvalue weighted by atomic mass is 16.3. The lowest BCUT2D eigenvalue weighted by molar-refractivity contribution is 0.335. The molecule has 1 aliphatic carbocycles. The van der Waals surface area contributed by atoms with Crippen LogP contribution in [0.5, 0.6) is 5.75 Å². The Morgan fingerprint density at radius 3 is 2.44 bits per heavy atom. The summed E-state index contributed by atoms with van der Waals surface area (Å²) in [5.41, 5.74) is 5.57. The number of phenols is 1. The zero-order chi connectivity index (χ0) is 18.8. The second kappa shape index (κ2) is 7.96. The second-order valence-electron chi connectivity index (χ2n) is 8.93. The maximum Gasteiger partial charge on any atom is 0.115 e. The predicted octanol–water partition coefficient (Wildman–Crippen LogP) is 6.12. The van der Waals surface area contributed by atoms with E-state index in [1.807, 2.05) is 12.1 Å². The molecule has 1 heterocycles. The van der Waals surface area contributed by atoms with E-state index < -0.39 is 0 Å². The number of anilines is 1.